The lowest BCUT2D eigenvalue weighted by Crippen LogP contribution is -2.48. The predicted octanol–water partition coefficient (Wildman–Crippen LogP) is 10.5. The van der Waals surface area contributed by atoms with Gasteiger partial charge in [0.2, 0.25) is 0 Å². The second-order valence-corrected chi connectivity index (χ2v) is 13.8. The third kappa shape index (κ3) is 8.20. The lowest BCUT2D eigenvalue weighted by molar-refractivity contribution is -0.284. The Kier molecular flexibility index (Phi) is 12.1. The van der Waals surface area contributed by atoms with Gasteiger partial charge in [0.05, 0.1) is 5.41 Å². The van der Waals surface area contributed by atoms with E-state index in [1.54, 1.807) is 43.0 Å². The zero-order valence-electron chi connectivity index (χ0n) is 25.7. The highest BCUT2D eigenvalue weighted by Crippen LogP contribution is 2.59. The first kappa shape index (κ1) is 36.0. The monoisotopic (exact) mass is 644 g/mol. The van der Waals surface area contributed by atoms with E-state index in [0.29, 0.717) is 12.2 Å². The van der Waals surface area contributed by atoms with Crippen LogP contribution in [-0.2, 0) is 10.2 Å². The number of benzene rings is 2. The molecule has 0 radical (unpaired) electrons. The fraction of sp³-hybridized carbons (Fsp3) is 0.618. The van der Waals surface area contributed by atoms with Gasteiger partial charge in [0.1, 0.15) is 11.5 Å². The number of carboxylic acids is 1. The number of thioether (sulfide) groups is 1. The Morgan fingerprint density at radius 1 is 0.909 bits per heavy atom. The van der Waals surface area contributed by atoms with Gasteiger partial charge in [-0.15, -0.1) is 11.8 Å². The molecule has 1 aliphatic rings. The molecule has 0 fully saturated rings. The van der Waals surface area contributed by atoms with Crippen LogP contribution in [0.15, 0.2) is 47.4 Å². The third-order valence-corrected chi connectivity index (χ3v) is 10.9. The average Bonchev–Trinajstić information content (AvgIpc) is 2.95. The van der Waals surface area contributed by atoms with Crippen molar-refractivity contribution in [1.29, 1.82) is 0 Å². The molecule has 4 atom stereocenters. The van der Waals surface area contributed by atoms with Crippen LogP contribution in [0.1, 0.15) is 108 Å². The van der Waals surface area contributed by atoms with Gasteiger partial charge >= 0.3 is 18.1 Å². The van der Waals surface area contributed by atoms with Crippen LogP contribution in [0.5, 0.6) is 11.5 Å². The number of phenolic OH excluding ortho intramolecular Hbond substituents is 2. The maximum absolute atomic E-state index is 13.7. The number of rotatable bonds is 16. The van der Waals surface area contributed by atoms with Crippen molar-refractivity contribution < 1.29 is 42.1 Å². The molecule has 0 bridgehead atoms. The standard InChI is InChI=1S/C34H45F5O4S/c1-4-5-6-7-8-9-12-27(31(2,30(42)43)19-10-11-20-33(35,36)34(37,38)39)29-26-18-17-25(41)21-28(26)44-22-32(29,3)23-13-15-24(40)16-14-23/h13-18,21,27,29,40-41H,4-12,19-20,22H2,1-3H3,(H,42,43). The van der Waals surface area contributed by atoms with Gasteiger partial charge in [0.25, 0.3) is 0 Å². The molecule has 1 aliphatic heterocycles. The highest BCUT2D eigenvalue weighted by molar-refractivity contribution is 7.99. The molecule has 44 heavy (non-hydrogen) atoms. The predicted molar refractivity (Wildman–Crippen MR) is 164 cm³/mol. The van der Waals surface area contributed by atoms with Crippen molar-refractivity contribution in [3.05, 3.63) is 53.6 Å². The van der Waals surface area contributed by atoms with Crippen LogP contribution in [0.3, 0.4) is 0 Å². The van der Waals surface area contributed by atoms with E-state index >= 15 is 0 Å². The van der Waals surface area contributed by atoms with Crippen molar-refractivity contribution in [3.8, 4) is 11.5 Å². The molecule has 4 nitrogen and oxygen atoms in total. The fourth-order valence-corrected chi connectivity index (χ4v) is 8.13. The second kappa shape index (κ2) is 14.7. The third-order valence-electron chi connectivity index (χ3n) is 9.50. The molecule has 3 rings (SSSR count). The van der Waals surface area contributed by atoms with Crippen molar-refractivity contribution in [2.75, 3.05) is 5.75 Å². The summed E-state index contributed by atoms with van der Waals surface area (Å²) < 4.78 is 65.8. The topological polar surface area (TPSA) is 77.8 Å². The SMILES string of the molecule is CCCCCCCCC(C1c2ccc(O)cc2SCC1(C)c1ccc(O)cc1)C(C)(CCCCC(F)(F)C(F)(F)F)C(=O)O. The molecule has 2 aromatic carbocycles. The van der Waals surface area contributed by atoms with Gasteiger partial charge in [-0.1, -0.05) is 77.0 Å². The molecular formula is C34H45F5O4S. The summed E-state index contributed by atoms with van der Waals surface area (Å²) in [6.45, 7) is 5.80. The number of hydrogen-bond donors (Lipinski definition) is 3. The van der Waals surface area contributed by atoms with E-state index in [4.69, 9.17) is 0 Å². The molecule has 246 valence electrons. The number of hydrogen-bond acceptors (Lipinski definition) is 4. The summed E-state index contributed by atoms with van der Waals surface area (Å²) in [6, 6.07) is 11.9. The van der Waals surface area contributed by atoms with Gasteiger partial charge < -0.3 is 15.3 Å². The second-order valence-electron chi connectivity index (χ2n) is 12.7. The Morgan fingerprint density at radius 3 is 2.11 bits per heavy atom. The largest absolute Gasteiger partial charge is 0.508 e. The Hall–Kier alpha value is -2.49. The minimum Gasteiger partial charge on any atom is -0.508 e. The average molecular weight is 645 g/mol. The van der Waals surface area contributed by atoms with E-state index in [1.807, 2.05) is 18.2 Å². The van der Waals surface area contributed by atoms with E-state index in [9.17, 15) is 42.1 Å². The molecule has 0 saturated carbocycles. The van der Waals surface area contributed by atoms with E-state index in [0.717, 1.165) is 54.5 Å². The summed E-state index contributed by atoms with van der Waals surface area (Å²) in [7, 11) is 0. The maximum atomic E-state index is 13.7. The highest BCUT2D eigenvalue weighted by Gasteiger charge is 2.57. The van der Waals surface area contributed by atoms with Gasteiger partial charge in [-0.3, -0.25) is 4.79 Å². The lowest BCUT2D eigenvalue weighted by Gasteiger charge is -2.51. The van der Waals surface area contributed by atoms with E-state index in [1.165, 1.54) is 0 Å². The van der Waals surface area contributed by atoms with E-state index in [-0.39, 0.29) is 30.3 Å². The number of carbonyl (C=O) groups is 1. The number of alkyl halides is 5. The number of unbranched alkanes of at least 4 members (excludes halogenated alkanes) is 6. The smallest absolute Gasteiger partial charge is 0.453 e. The highest BCUT2D eigenvalue weighted by atomic mass is 32.2. The first-order chi connectivity index (χ1) is 20.6. The Balaban J connectivity index is 2.06. The molecule has 0 amide bonds. The number of carboxylic acid groups (broad SMARTS) is 1. The van der Waals surface area contributed by atoms with Crippen molar-refractivity contribution >= 4 is 17.7 Å². The van der Waals surface area contributed by atoms with Crippen molar-refractivity contribution in [2.24, 2.45) is 11.3 Å². The van der Waals surface area contributed by atoms with Crippen LogP contribution in [0.4, 0.5) is 22.0 Å². The van der Waals surface area contributed by atoms with Crippen molar-refractivity contribution in [2.45, 2.75) is 120 Å². The van der Waals surface area contributed by atoms with Crippen LogP contribution in [0.25, 0.3) is 0 Å². The van der Waals surface area contributed by atoms with Gasteiger partial charge in [-0.25, -0.2) is 0 Å². The van der Waals surface area contributed by atoms with Crippen LogP contribution < -0.4 is 0 Å². The Morgan fingerprint density at radius 2 is 1.50 bits per heavy atom. The first-order valence-electron chi connectivity index (χ1n) is 15.5. The zero-order valence-corrected chi connectivity index (χ0v) is 26.5. The first-order valence-corrected chi connectivity index (χ1v) is 16.5. The quantitative estimate of drug-likeness (QED) is 0.125. The van der Waals surface area contributed by atoms with Crippen LogP contribution >= 0.6 is 11.8 Å². The number of aliphatic carboxylic acids is 1. The van der Waals surface area contributed by atoms with E-state index in [2.05, 4.69) is 13.8 Å². The summed E-state index contributed by atoms with van der Waals surface area (Å²) in [5, 5.41) is 31.0. The molecule has 10 heteroatoms. The zero-order chi connectivity index (χ0) is 32.8. The summed E-state index contributed by atoms with van der Waals surface area (Å²) >= 11 is 1.55. The number of phenols is 2. The fourth-order valence-electron chi connectivity index (χ4n) is 6.76. The van der Waals surface area contributed by atoms with Crippen LogP contribution in [0, 0.1) is 11.3 Å². The summed E-state index contributed by atoms with van der Waals surface area (Å²) in [6.07, 6.45) is -1.23. The van der Waals surface area contributed by atoms with Crippen LogP contribution in [-0.4, -0.2) is 39.1 Å². The number of aromatic hydroxyl groups is 2. The van der Waals surface area contributed by atoms with Crippen molar-refractivity contribution in [1.82, 2.24) is 0 Å². The van der Waals surface area contributed by atoms with Gasteiger partial charge in [-0.2, -0.15) is 22.0 Å². The molecular weight excluding hydrogens is 599 g/mol. The van der Waals surface area contributed by atoms with Gasteiger partial charge in [0, 0.05) is 22.5 Å². The Labute approximate surface area is 261 Å². The molecule has 0 aromatic heterocycles. The molecule has 1 heterocycles. The van der Waals surface area contributed by atoms with Gasteiger partial charge in [-0.05, 0) is 73.4 Å². The minimum absolute atomic E-state index is 0.0561. The van der Waals surface area contributed by atoms with Gasteiger partial charge in [0.15, 0.2) is 0 Å². The number of fused-ring (bicyclic) bond motifs is 1. The molecule has 4 unspecified atom stereocenters. The lowest BCUT2D eigenvalue weighted by atomic mass is 9.56. The maximum Gasteiger partial charge on any atom is 0.453 e. The van der Waals surface area contributed by atoms with Crippen LogP contribution in [0.2, 0.25) is 0 Å². The number of halogens is 5. The normalized spacial score (nSPS) is 21.0. The molecule has 3 N–H and O–H groups in total. The molecule has 2 aromatic rings. The van der Waals surface area contributed by atoms with Crippen molar-refractivity contribution in [3.63, 3.8) is 0 Å². The Bertz CT molecular complexity index is 1240. The molecule has 0 spiro atoms. The summed E-state index contributed by atoms with van der Waals surface area (Å²) in [4.78, 5) is 14.0. The molecule has 0 aliphatic carbocycles. The van der Waals surface area contributed by atoms with E-state index < -0.39 is 47.7 Å². The molecule has 0 saturated heterocycles. The summed E-state index contributed by atoms with van der Waals surface area (Å²) in [5.74, 6) is -6.08. The minimum atomic E-state index is -5.65. The summed E-state index contributed by atoms with van der Waals surface area (Å²) in [5.41, 5.74) is -0.273.